The number of hydrogen-bond donors (Lipinski definition) is 1. The highest BCUT2D eigenvalue weighted by atomic mass is 19.1. The van der Waals surface area contributed by atoms with Gasteiger partial charge < -0.3 is 0 Å². The van der Waals surface area contributed by atoms with E-state index in [1.807, 2.05) is 0 Å². The van der Waals surface area contributed by atoms with Crippen molar-refractivity contribution < 1.29 is 14.0 Å². The van der Waals surface area contributed by atoms with Gasteiger partial charge in [0.15, 0.2) is 0 Å². The molecule has 1 aliphatic heterocycles. The van der Waals surface area contributed by atoms with Crippen molar-refractivity contribution >= 4 is 11.8 Å². The van der Waals surface area contributed by atoms with Crippen molar-refractivity contribution in [3.63, 3.8) is 0 Å². The molecule has 0 radical (unpaired) electrons. The van der Waals surface area contributed by atoms with Gasteiger partial charge in [-0.25, -0.2) is 4.39 Å². The Morgan fingerprint density at radius 3 is 2.31 bits per heavy atom. The Hall–Kier alpha value is -1.71. The molecule has 2 amide bonds. The first-order valence-electron chi connectivity index (χ1n) is 5.09. The zero-order chi connectivity index (χ0) is 11.8. The summed E-state index contributed by atoms with van der Waals surface area (Å²) in [5, 5.41) is 2.22. The number of nitrogens with one attached hydrogen (secondary N) is 1. The molecule has 0 saturated carbocycles. The highest BCUT2D eigenvalue weighted by molar-refractivity contribution is 5.99. The highest BCUT2D eigenvalue weighted by Gasteiger charge is 2.38. The van der Waals surface area contributed by atoms with Crippen LogP contribution in [0.1, 0.15) is 25.3 Å². The van der Waals surface area contributed by atoms with Crippen LogP contribution in [0.5, 0.6) is 0 Å². The molecule has 1 heterocycles. The number of amides is 2. The van der Waals surface area contributed by atoms with Crippen LogP contribution in [0.4, 0.5) is 4.39 Å². The van der Waals surface area contributed by atoms with Crippen molar-refractivity contribution in [2.45, 2.75) is 25.2 Å². The molecule has 16 heavy (non-hydrogen) atoms. The van der Waals surface area contributed by atoms with Crippen LogP contribution in [-0.2, 0) is 15.0 Å². The van der Waals surface area contributed by atoms with E-state index >= 15 is 0 Å². The minimum atomic E-state index is -0.731. The van der Waals surface area contributed by atoms with Crippen LogP contribution in [0, 0.1) is 5.82 Å². The number of imide groups is 1. The van der Waals surface area contributed by atoms with Crippen LogP contribution in [0.3, 0.4) is 0 Å². The van der Waals surface area contributed by atoms with Gasteiger partial charge >= 0.3 is 0 Å². The molecular formula is C12H12FNO2. The van der Waals surface area contributed by atoms with Gasteiger partial charge in [0.2, 0.25) is 11.8 Å². The summed E-state index contributed by atoms with van der Waals surface area (Å²) in [6, 6.07) is 6.27. The Bertz CT molecular complexity index is 440. The van der Waals surface area contributed by atoms with E-state index < -0.39 is 5.41 Å². The van der Waals surface area contributed by atoms with Gasteiger partial charge in [-0.3, -0.25) is 14.9 Å². The zero-order valence-electron chi connectivity index (χ0n) is 8.92. The molecule has 1 saturated heterocycles. The molecule has 1 aliphatic rings. The van der Waals surface area contributed by atoms with Gasteiger partial charge in [0.25, 0.3) is 0 Å². The minimum absolute atomic E-state index is 0.139. The van der Waals surface area contributed by atoms with Crippen molar-refractivity contribution in [3.8, 4) is 0 Å². The van der Waals surface area contributed by atoms with Gasteiger partial charge in [0.1, 0.15) is 5.82 Å². The van der Waals surface area contributed by atoms with E-state index in [0.29, 0.717) is 5.56 Å². The summed E-state index contributed by atoms with van der Waals surface area (Å²) in [5.74, 6) is -1.06. The number of halogens is 1. The molecule has 1 aromatic rings. The predicted octanol–water partition coefficient (Wildman–Crippen LogP) is 1.52. The molecule has 3 nitrogen and oxygen atoms in total. The first kappa shape index (κ1) is 10.8. The summed E-state index contributed by atoms with van der Waals surface area (Å²) in [5.41, 5.74) is -0.302. The number of piperidine rings is 1. The van der Waals surface area contributed by atoms with E-state index in [1.165, 1.54) is 6.07 Å². The standard InChI is InChI=1S/C12H12FNO2/c1-12(6-10(15)14-11(16)7-12)8-4-2-3-5-9(8)13/h2-5H,6-7H2,1H3,(H,14,15,16). The molecule has 0 unspecified atom stereocenters. The summed E-state index contributed by atoms with van der Waals surface area (Å²) in [6.45, 7) is 1.74. The molecule has 0 aromatic heterocycles. The van der Waals surface area contributed by atoms with Gasteiger partial charge in [-0.05, 0) is 11.6 Å². The second kappa shape index (κ2) is 3.70. The lowest BCUT2D eigenvalue weighted by Gasteiger charge is -2.32. The molecular weight excluding hydrogens is 209 g/mol. The smallest absolute Gasteiger partial charge is 0.227 e. The first-order valence-corrected chi connectivity index (χ1v) is 5.09. The first-order chi connectivity index (χ1) is 7.51. The Balaban J connectivity index is 2.42. The van der Waals surface area contributed by atoms with E-state index in [1.54, 1.807) is 25.1 Å². The van der Waals surface area contributed by atoms with Crippen LogP contribution < -0.4 is 5.32 Å². The Labute approximate surface area is 92.7 Å². The van der Waals surface area contributed by atoms with E-state index in [-0.39, 0.29) is 30.5 Å². The van der Waals surface area contributed by atoms with Crippen LogP contribution in [0.25, 0.3) is 0 Å². The lowest BCUT2D eigenvalue weighted by molar-refractivity contribution is -0.135. The Morgan fingerprint density at radius 2 is 1.75 bits per heavy atom. The van der Waals surface area contributed by atoms with Crippen LogP contribution in [-0.4, -0.2) is 11.8 Å². The third kappa shape index (κ3) is 1.83. The van der Waals surface area contributed by atoms with E-state index in [0.717, 1.165) is 0 Å². The summed E-state index contributed by atoms with van der Waals surface area (Å²) in [4.78, 5) is 22.6. The van der Waals surface area contributed by atoms with E-state index in [4.69, 9.17) is 0 Å². The normalized spacial score (nSPS) is 19.4. The zero-order valence-corrected chi connectivity index (χ0v) is 8.92. The molecule has 84 valence electrons. The molecule has 1 N–H and O–H groups in total. The van der Waals surface area contributed by atoms with E-state index in [9.17, 15) is 14.0 Å². The maximum atomic E-state index is 13.6. The summed E-state index contributed by atoms with van der Waals surface area (Å²) >= 11 is 0. The predicted molar refractivity (Wildman–Crippen MR) is 56.1 cm³/mol. The van der Waals surface area contributed by atoms with Crippen LogP contribution in [0.2, 0.25) is 0 Å². The lowest BCUT2D eigenvalue weighted by atomic mass is 9.74. The van der Waals surface area contributed by atoms with Crippen molar-refractivity contribution in [1.82, 2.24) is 5.32 Å². The van der Waals surface area contributed by atoms with Crippen LogP contribution >= 0.6 is 0 Å². The topological polar surface area (TPSA) is 46.2 Å². The molecule has 0 spiro atoms. The number of carbonyl (C=O) groups excluding carboxylic acids is 2. The van der Waals surface area contributed by atoms with Crippen molar-refractivity contribution in [3.05, 3.63) is 35.6 Å². The van der Waals surface area contributed by atoms with Crippen LogP contribution in [0.15, 0.2) is 24.3 Å². The van der Waals surface area contributed by atoms with E-state index in [2.05, 4.69) is 5.32 Å². The third-order valence-corrected chi connectivity index (χ3v) is 2.90. The molecule has 0 bridgehead atoms. The van der Waals surface area contributed by atoms with Gasteiger partial charge in [-0.1, -0.05) is 25.1 Å². The maximum absolute atomic E-state index is 13.6. The maximum Gasteiger partial charge on any atom is 0.227 e. The van der Waals surface area contributed by atoms with Crippen molar-refractivity contribution in [2.24, 2.45) is 0 Å². The molecule has 4 heteroatoms. The largest absolute Gasteiger partial charge is 0.296 e. The third-order valence-electron chi connectivity index (χ3n) is 2.90. The Kier molecular flexibility index (Phi) is 2.50. The van der Waals surface area contributed by atoms with Gasteiger partial charge in [-0.15, -0.1) is 0 Å². The highest BCUT2D eigenvalue weighted by Crippen LogP contribution is 2.34. The molecule has 0 aliphatic carbocycles. The average molecular weight is 221 g/mol. The number of hydrogen-bond acceptors (Lipinski definition) is 2. The molecule has 1 fully saturated rings. The summed E-state index contributed by atoms with van der Waals surface area (Å²) in [7, 11) is 0. The quantitative estimate of drug-likeness (QED) is 0.731. The summed E-state index contributed by atoms with van der Waals surface area (Å²) < 4.78 is 13.6. The fourth-order valence-electron chi connectivity index (χ4n) is 2.16. The number of carbonyl (C=O) groups is 2. The Morgan fingerprint density at radius 1 is 1.19 bits per heavy atom. The second-order valence-corrected chi connectivity index (χ2v) is 4.37. The summed E-state index contributed by atoms with van der Waals surface area (Å²) in [6.07, 6.45) is 0.277. The molecule has 0 atom stereocenters. The second-order valence-electron chi connectivity index (χ2n) is 4.37. The monoisotopic (exact) mass is 221 g/mol. The van der Waals surface area contributed by atoms with Crippen molar-refractivity contribution in [2.75, 3.05) is 0 Å². The molecule has 1 aromatic carbocycles. The minimum Gasteiger partial charge on any atom is -0.296 e. The fraction of sp³-hybridized carbons (Fsp3) is 0.333. The average Bonchev–Trinajstić information content (AvgIpc) is 2.15. The van der Waals surface area contributed by atoms with Crippen molar-refractivity contribution in [1.29, 1.82) is 0 Å². The fourth-order valence-corrected chi connectivity index (χ4v) is 2.16. The SMILES string of the molecule is CC1(c2ccccc2F)CC(=O)NC(=O)C1. The molecule has 2 rings (SSSR count). The van der Waals surface area contributed by atoms with Gasteiger partial charge in [-0.2, -0.15) is 0 Å². The lowest BCUT2D eigenvalue weighted by Crippen LogP contribution is -2.45. The van der Waals surface area contributed by atoms with Gasteiger partial charge in [0, 0.05) is 18.3 Å². The number of benzene rings is 1. The van der Waals surface area contributed by atoms with Gasteiger partial charge in [0.05, 0.1) is 0 Å². The number of rotatable bonds is 1.